The normalized spacial score (nSPS) is 25.0. The van der Waals surface area contributed by atoms with Gasteiger partial charge in [-0.05, 0) is 0 Å². The van der Waals surface area contributed by atoms with Crippen LogP contribution in [-0.4, -0.2) is 56.4 Å². The zero-order chi connectivity index (χ0) is 20.2. The van der Waals surface area contributed by atoms with Crippen molar-refractivity contribution < 1.29 is 0 Å². The predicted molar refractivity (Wildman–Crippen MR) is 133 cm³/mol. The molecule has 29 heavy (non-hydrogen) atoms. The Morgan fingerprint density at radius 1 is 0.759 bits per heavy atom. The summed E-state index contributed by atoms with van der Waals surface area (Å²) in [4.78, 5) is 5.14. The van der Waals surface area contributed by atoms with Crippen molar-refractivity contribution in [3.63, 3.8) is 0 Å². The molecule has 4 rings (SSSR count). The Balaban J connectivity index is 1.60. The minimum absolute atomic E-state index is 0.390. The zero-order valence-corrected chi connectivity index (χ0v) is 22.8. The molecule has 0 saturated carbocycles. The third-order valence-electron chi connectivity index (χ3n) is 4.68. The molecular formula is C22H22N2P2Se3. The van der Waals surface area contributed by atoms with Crippen LogP contribution in [0.5, 0.6) is 0 Å². The van der Waals surface area contributed by atoms with Gasteiger partial charge in [0.15, 0.2) is 0 Å². The summed E-state index contributed by atoms with van der Waals surface area (Å²) in [7, 11) is 0. The van der Waals surface area contributed by atoms with Crippen LogP contribution in [0.25, 0.3) is 0 Å². The van der Waals surface area contributed by atoms with Crippen molar-refractivity contribution >= 4 is 69.0 Å². The summed E-state index contributed by atoms with van der Waals surface area (Å²) in [6.45, 7) is 0.859. The second-order valence-electron chi connectivity index (χ2n) is 6.76. The van der Waals surface area contributed by atoms with Crippen molar-refractivity contribution in [2.75, 3.05) is 6.54 Å². The molecule has 148 valence electrons. The number of hydrogen-bond donors (Lipinski definition) is 1. The Labute approximate surface area is 193 Å². The molecule has 3 aromatic carbocycles. The summed E-state index contributed by atoms with van der Waals surface area (Å²) in [5.74, 6) is 0. The van der Waals surface area contributed by atoms with E-state index >= 15 is 0 Å². The molecule has 0 amide bonds. The van der Waals surface area contributed by atoms with Crippen LogP contribution < -0.4 is 15.7 Å². The third-order valence-corrected chi connectivity index (χ3v) is 40.4. The van der Waals surface area contributed by atoms with Crippen LogP contribution >= 0.6 is 8.55 Å². The fraction of sp³-hybridized carbons (Fsp3) is 0.136. The summed E-state index contributed by atoms with van der Waals surface area (Å²) in [5, 5.41) is 6.75. The molecule has 0 aromatic heterocycles. The van der Waals surface area contributed by atoms with Crippen LogP contribution in [0.3, 0.4) is 0 Å². The average Bonchev–Trinajstić information content (AvgIpc) is 3.05. The van der Waals surface area contributed by atoms with Crippen LogP contribution in [0.15, 0.2) is 96.0 Å². The van der Waals surface area contributed by atoms with Gasteiger partial charge in [0.1, 0.15) is 0 Å². The van der Waals surface area contributed by atoms with Crippen LogP contribution in [0, 0.1) is 0 Å². The van der Waals surface area contributed by atoms with Gasteiger partial charge >= 0.3 is 195 Å². The maximum absolute atomic E-state index is 5.14. The standard InChI is InChI=1S/C22H22N2P2Se3/c27-25(20-14-6-2-7-15-20)22(23-18-10-13-19-11-4-1-5-12-19)24-26(28,29-25)21-16-8-3-9-17-21/h1-9,11-12,14-17H,10,13,18H2,(H,23,24,28)/t25-,26-/m1/s1. The maximum atomic E-state index is 5.14. The third kappa shape index (κ3) is 5.07. The molecule has 7 heteroatoms. The molecule has 1 saturated heterocycles. The molecule has 2 atom stereocenters. The molecule has 0 bridgehead atoms. The van der Waals surface area contributed by atoms with Crippen molar-refractivity contribution in [2.24, 2.45) is 4.99 Å². The van der Waals surface area contributed by atoms with E-state index in [2.05, 4.69) is 126 Å². The second-order valence-corrected chi connectivity index (χ2v) is 35.2. The van der Waals surface area contributed by atoms with E-state index in [4.69, 9.17) is 4.99 Å². The van der Waals surface area contributed by atoms with E-state index in [1.54, 1.807) is 0 Å². The molecule has 0 spiro atoms. The van der Waals surface area contributed by atoms with Crippen molar-refractivity contribution in [1.82, 2.24) is 5.09 Å². The van der Waals surface area contributed by atoms with Gasteiger partial charge in [0.2, 0.25) is 0 Å². The molecule has 0 unspecified atom stereocenters. The van der Waals surface area contributed by atoms with Gasteiger partial charge in [-0.1, -0.05) is 0 Å². The van der Waals surface area contributed by atoms with E-state index in [1.807, 2.05) is 0 Å². The second kappa shape index (κ2) is 9.78. The number of nitrogens with one attached hydrogen (secondary N) is 1. The van der Waals surface area contributed by atoms with Gasteiger partial charge in [0.05, 0.1) is 0 Å². The number of nitrogens with zero attached hydrogens (tertiary/aromatic N) is 1. The first-order valence-electron chi connectivity index (χ1n) is 9.50. The minimum atomic E-state index is -1.59. The number of amidine groups is 1. The molecule has 1 fully saturated rings. The molecular weight excluding hydrogens is 591 g/mol. The number of benzene rings is 3. The number of aliphatic imine (C=N–C) groups is 1. The molecule has 1 heterocycles. The van der Waals surface area contributed by atoms with Gasteiger partial charge in [-0.15, -0.1) is 0 Å². The molecule has 2 nitrogen and oxygen atoms in total. The molecule has 3 aromatic rings. The predicted octanol–water partition coefficient (Wildman–Crippen LogP) is 3.88. The van der Waals surface area contributed by atoms with Crippen LogP contribution in [-0.2, 0) is 6.42 Å². The summed E-state index contributed by atoms with van der Waals surface area (Å²) in [6.07, 6.45) is 2.14. The molecule has 0 radical (unpaired) electrons. The Morgan fingerprint density at radius 2 is 1.31 bits per heavy atom. The topological polar surface area (TPSA) is 24.4 Å². The first-order chi connectivity index (χ1) is 14.1. The van der Waals surface area contributed by atoms with Gasteiger partial charge in [-0.25, -0.2) is 0 Å². The van der Waals surface area contributed by atoms with Gasteiger partial charge in [-0.2, -0.15) is 0 Å². The van der Waals surface area contributed by atoms with Crippen LogP contribution in [0.4, 0.5) is 0 Å². The molecule has 1 aliphatic heterocycles. The summed E-state index contributed by atoms with van der Waals surface area (Å²) < 4.78 is -3.13. The van der Waals surface area contributed by atoms with Crippen LogP contribution in [0.1, 0.15) is 12.0 Å². The zero-order valence-electron chi connectivity index (χ0n) is 15.8. The quantitative estimate of drug-likeness (QED) is 0.255. The van der Waals surface area contributed by atoms with E-state index in [-0.39, 0.29) is 0 Å². The SMILES string of the molecule is [Se]=[P@]1(c2ccccc2)[Se][P@](=[Se])(c2ccccc2)NC1=NCCCc1ccccc1. The Bertz CT molecular complexity index is 1090. The van der Waals surface area contributed by atoms with Gasteiger partial charge in [-0.3, -0.25) is 0 Å². The molecule has 0 aliphatic carbocycles. The Morgan fingerprint density at radius 3 is 1.93 bits per heavy atom. The van der Waals surface area contributed by atoms with Gasteiger partial charge in [0, 0.05) is 0 Å². The van der Waals surface area contributed by atoms with E-state index in [0.29, 0.717) is 14.1 Å². The van der Waals surface area contributed by atoms with Crippen molar-refractivity contribution in [3.05, 3.63) is 96.6 Å². The van der Waals surface area contributed by atoms with Crippen molar-refractivity contribution in [3.8, 4) is 0 Å². The van der Waals surface area contributed by atoms with Crippen molar-refractivity contribution in [2.45, 2.75) is 12.8 Å². The Hall–Kier alpha value is -0.452. The van der Waals surface area contributed by atoms with E-state index < -0.39 is 8.55 Å². The van der Waals surface area contributed by atoms with Gasteiger partial charge in [0.25, 0.3) is 0 Å². The summed E-state index contributed by atoms with van der Waals surface area (Å²) in [5.41, 5.74) is 2.60. The van der Waals surface area contributed by atoms with E-state index in [0.717, 1.165) is 19.4 Å². The molecule has 1 aliphatic rings. The summed E-state index contributed by atoms with van der Waals surface area (Å²) >= 11 is 7.64. The monoisotopic (exact) mass is 616 g/mol. The number of hydrogen-bond acceptors (Lipinski definition) is 1. The fourth-order valence-electron chi connectivity index (χ4n) is 3.19. The van der Waals surface area contributed by atoms with E-state index in [9.17, 15) is 0 Å². The first kappa shape index (κ1) is 21.8. The average molecular weight is 613 g/mol. The fourth-order valence-corrected chi connectivity index (χ4v) is 57.7. The first-order valence-corrected chi connectivity index (χ1v) is 21.9. The van der Waals surface area contributed by atoms with Gasteiger partial charge < -0.3 is 0 Å². The number of aryl methyl sites for hydroxylation is 1. The Kier molecular flexibility index (Phi) is 7.34. The summed E-state index contributed by atoms with van der Waals surface area (Å²) in [6, 6.07) is 32.5. The van der Waals surface area contributed by atoms with Crippen molar-refractivity contribution in [1.29, 1.82) is 0 Å². The van der Waals surface area contributed by atoms with Crippen LogP contribution in [0.2, 0.25) is 0 Å². The number of rotatable bonds is 6. The molecule has 1 N–H and O–H groups in total. The van der Waals surface area contributed by atoms with E-state index in [1.165, 1.54) is 21.7 Å².